The highest BCUT2D eigenvalue weighted by atomic mass is 16.5. The van der Waals surface area contributed by atoms with Crippen LogP contribution in [0.4, 0.5) is 0 Å². The third kappa shape index (κ3) is 4.27. The monoisotopic (exact) mass is 342 g/mol. The van der Waals surface area contributed by atoms with Gasteiger partial charge in [-0.1, -0.05) is 30.3 Å². The molecule has 134 valence electrons. The Morgan fingerprint density at radius 1 is 1.36 bits per heavy atom. The van der Waals surface area contributed by atoms with Crippen molar-refractivity contribution in [2.45, 2.75) is 32.0 Å². The number of amides is 1. The molecule has 1 aliphatic rings. The molecule has 1 aliphatic heterocycles. The molecule has 2 heterocycles. The summed E-state index contributed by atoms with van der Waals surface area (Å²) in [5.41, 5.74) is 1.02. The molecular weight excluding hydrogens is 316 g/mol. The number of imidazole rings is 1. The lowest BCUT2D eigenvalue weighted by molar-refractivity contribution is -0.126. The Balaban J connectivity index is 1.74. The fourth-order valence-electron chi connectivity index (χ4n) is 3.18. The molecule has 1 saturated heterocycles. The molecule has 0 bridgehead atoms. The van der Waals surface area contributed by atoms with Crippen molar-refractivity contribution >= 4 is 5.91 Å². The summed E-state index contributed by atoms with van der Waals surface area (Å²) < 4.78 is 7.58. The highest BCUT2D eigenvalue weighted by Crippen LogP contribution is 2.20. The minimum absolute atomic E-state index is 0.00203. The van der Waals surface area contributed by atoms with E-state index in [-0.39, 0.29) is 24.1 Å². The molecule has 6 nitrogen and oxygen atoms in total. The number of aromatic nitrogens is 2. The zero-order valence-electron chi connectivity index (χ0n) is 15.1. The number of carbonyl (C=O) groups excluding carboxylic acids is 1. The lowest BCUT2D eigenvalue weighted by Gasteiger charge is -2.36. The molecule has 0 spiro atoms. The molecule has 1 N–H and O–H groups in total. The molecule has 25 heavy (non-hydrogen) atoms. The Morgan fingerprint density at radius 3 is 2.80 bits per heavy atom. The van der Waals surface area contributed by atoms with E-state index in [0.717, 1.165) is 17.9 Å². The Bertz CT molecular complexity index is 700. The van der Waals surface area contributed by atoms with E-state index >= 15 is 0 Å². The Kier molecular flexibility index (Phi) is 5.50. The summed E-state index contributed by atoms with van der Waals surface area (Å²) in [7, 11) is 1.94. The van der Waals surface area contributed by atoms with Crippen molar-refractivity contribution in [1.82, 2.24) is 19.8 Å². The van der Waals surface area contributed by atoms with Gasteiger partial charge in [-0.15, -0.1) is 0 Å². The number of morpholine rings is 1. The van der Waals surface area contributed by atoms with Gasteiger partial charge in [0.05, 0.1) is 19.3 Å². The van der Waals surface area contributed by atoms with Crippen molar-refractivity contribution in [1.29, 1.82) is 0 Å². The molecule has 0 radical (unpaired) electrons. The largest absolute Gasteiger partial charge is 0.376 e. The van der Waals surface area contributed by atoms with Crippen LogP contribution in [0, 0.1) is 0 Å². The normalized spacial score (nSPS) is 22.5. The molecule has 1 fully saturated rings. The van der Waals surface area contributed by atoms with Crippen LogP contribution in [0.1, 0.15) is 31.3 Å². The van der Waals surface area contributed by atoms with Gasteiger partial charge in [0.2, 0.25) is 5.91 Å². The van der Waals surface area contributed by atoms with Crippen molar-refractivity contribution < 1.29 is 9.53 Å². The number of rotatable bonds is 5. The molecular formula is C19H26N4O2. The number of hydrogen-bond acceptors (Lipinski definition) is 4. The van der Waals surface area contributed by atoms with Gasteiger partial charge in [-0.3, -0.25) is 9.69 Å². The first-order chi connectivity index (χ1) is 12.0. The van der Waals surface area contributed by atoms with Crippen molar-refractivity contribution in [3.63, 3.8) is 0 Å². The zero-order valence-corrected chi connectivity index (χ0v) is 15.1. The lowest BCUT2D eigenvalue weighted by Crippen LogP contribution is -2.51. The third-order valence-electron chi connectivity index (χ3n) is 4.64. The van der Waals surface area contributed by atoms with Gasteiger partial charge in [0.1, 0.15) is 11.9 Å². The van der Waals surface area contributed by atoms with Crippen LogP contribution in [0.3, 0.4) is 0 Å². The van der Waals surface area contributed by atoms with E-state index in [9.17, 15) is 4.79 Å². The number of ether oxygens (including phenoxy) is 1. The minimum Gasteiger partial charge on any atom is -0.376 e. The van der Waals surface area contributed by atoms with Crippen molar-refractivity contribution in [3.05, 3.63) is 54.1 Å². The fraction of sp³-hybridized carbons (Fsp3) is 0.474. The second-order valence-electron chi connectivity index (χ2n) is 6.73. The molecule has 3 atom stereocenters. The van der Waals surface area contributed by atoms with Gasteiger partial charge in [0, 0.05) is 32.0 Å². The summed E-state index contributed by atoms with van der Waals surface area (Å²) in [5.74, 6) is 0.820. The Hall–Kier alpha value is -2.18. The van der Waals surface area contributed by atoms with Crippen LogP contribution in [-0.2, 0) is 16.6 Å². The van der Waals surface area contributed by atoms with E-state index in [1.807, 2.05) is 55.1 Å². The number of benzene rings is 1. The number of carbonyl (C=O) groups is 1. The zero-order chi connectivity index (χ0) is 17.8. The van der Waals surface area contributed by atoms with Crippen LogP contribution < -0.4 is 5.32 Å². The molecule has 0 saturated carbocycles. The first kappa shape index (κ1) is 17.6. The molecule has 0 unspecified atom stereocenters. The number of aryl methyl sites for hydroxylation is 1. The van der Waals surface area contributed by atoms with Crippen molar-refractivity contribution in [2.24, 2.45) is 7.05 Å². The summed E-state index contributed by atoms with van der Waals surface area (Å²) >= 11 is 0. The summed E-state index contributed by atoms with van der Waals surface area (Å²) in [4.78, 5) is 19.3. The van der Waals surface area contributed by atoms with Crippen molar-refractivity contribution in [2.75, 3.05) is 19.7 Å². The minimum atomic E-state index is -0.262. The topological polar surface area (TPSA) is 59.4 Å². The molecule has 1 amide bonds. The van der Waals surface area contributed by atoms with E-state index in [1.54, 1.807) is 6.20 Å². The van der Waals surface area contributed by atoms with Gasteiger partial charge in [-0.05, 0) is 19.4 Å². The fourth-order valence-corrected chi connectivity index (χ4v) is 3.18. The van der Waals surface area contributed by atoms with Gasteiger partial charge >= 0.3 is 0 Å². The number of hydrogen-bond donors (Lipinski definition) is 1. The smallest absolute Gasteiger partial charge is 0.235 e. The maximum absolute atomic E-state index is 12.7. The molecule has 0 aliphatic carbocycles. The van der Waals surface area contributed by atoms with Gasteiger partial charge in [0.25, 0.3) is 0 Å². The number of nitrogens with zero attached hydrogens (tertiary/aromatic N) is 3. The average Bonchev–Trinajstić information content (AvgIpc) is 3.02. The first-order valence-electron chi connectivity index (χ1n) is 8.71. The van der Waals surface area contributed by atoms with E-state index in [4.69, 9.17) is 4.74 Å². The van der Waals surface area contributed by atoms with Crippen LogP contribution in [0.25, 0.3) is 0 Å². The van der Waals surface area contributed by atoms with Gasteiger partial charge < -0.3 is 14.6 Å². The van der Waals surface area contributed by atoms with E-state index in [2.05, 4.69) is 22.1 Å². The summed E-state index contributed by atoms with van der Waals surface area (Å²) in [5, 5.41) is 3.15. The Morgan fingerprint density at radius 2 is 2.12 bits per heavy atom. The quantitative estimate of drug-likeness (QED) is 0.899. The van der Waals surface area contributed by atoms with E-state index in [0.29, 0.717) is 13.2 Å². The molecule has 3 rings (SSSR count). The van der Waals surface area contributed by atoms with Crippen LogP contribution in [0.15, 0.2) is 42.7 Å². The van der Waals surface area contributed by atoms with Crippen LogP contribution in [-0.4, -0.2) is 52.2 Å². The highest BCUT2D eigenvalue weighted by molar-refractivity contribution is 5.79. The predicted molar refractivity (Wildman–Crippen MR) is 96.1 cm³/mol. The number of nitrogens with one attached hydrogen (secondary N) is 1. The van der Waals surface area contributed by atoms with Crippen LogP contribution >= 0.6 is 0 Å². The maximum atomic E-state index is 12.7. The van der Waals surface area contributed by atoms with E-state index in [1.165, 1.54) is 0 Å². The average molecular weight is 342 g/mol. The maximum Gasteiger partial charge on any atom is 0.235 e. The second-order valence-corrected chi connectivity index (χ2v) is 6.73. The molecule has 1 aromatic carbocycles. The Labute approximate surface area is 148 Å². The summed E-state index contributed by atoms with van der Waals surface area (Å²) in [6, 6.07) is 9.93. The van der Waals surface area contributed by atoms with E-state index < -0.39 is 0 Å². The van der Waals surface area contributed by atoms with Gasteiger partial charge in [-0.25, -0.2) is 4.98 Å². The molecule has 2 aromatic rings. The standard InChI is InChI=1S/C19H26N4O2/c1-14-13-25-15(2)11-23(14)12-17(24)21-18(16-7-5-4-6-8-16)19-20-9-10-22(19)3/h4-10,14-15,18H,11-13H2,1-3H3,(H,21,24)/t14-,15-,18+/m1/s1. The predicted octanol–water partition coefficient (Wildman–Crippen LogP) is 1.73. The molecule has 1 aromatic heterocycles. The lowest BCUT2D eigenvalue weighted by atomic mass is 10.1. The van der Waals surface area contributed by atoms with Gasteiger partial charge in [-0.2, -0.15) is 0 Å². The van der Waals surface area contributed by atoms with Crippen LogP contribution in [0.2, 0.25) is 0 Å². The SMILES string of the molecule is C[C@@H]1CN(CC(=O)N[C@@H](c2ccccc2)c2nccn2C)[C@H](C)CO1. The third-order valence-corrected chi connectivity index (χ3v) is 4.64. The molecule has 6 heteroatoms. The summed E-state index contributed by atoms with van der Waals surface area (Å²) in [6.45, 7) is 5.93. The van der Waals surface area contributed by atoms with Gasteiger partial charge in [0.15, 0.2) is 0 Å². The summed E-state index contributed by atoms with van der Waals surface area (Å²) in [6.07, 6.45) is 3.80. The highest BCUT2D eigenvalue weighted by Gasteiger charge is 2.27. The second kappa shape index (κ2) is 7.80. The van der Waals surface area contributed by atoms with Crippen molar-refractivity contribution in [3.8, 4) is 0 Å². The first-order valence-corrected chi connectivity index (χ1v) is 8.71. The van der Waals surface area contributed by atoms with Crippen LogP contribution in [0.5, 0.6) is 0 Å².